The molecule has 30 heavy (non-hydrogen) atoms. The van der Waals surface area contributed by atoms with Crippen molar-refractivity contribution in [3.05, 3.63) is 49.1 Å². The third-order valence-corrected chi connectivity index (χ3v) is 5.61. The summed E-state index contributed by atoms with van der Waals surface area (Å²) in [6, 6.07) is 10.5. The molecule has 1 fully saturated rings. The zero-order valence-corrected chi connectivity index (χ0v) is 17.4. The first-order chi connectivity index (χ1) is 14.6. The van der Waals surface area contributed by atoms with Crippen molar-refractivity contribution in [2.45, 2.75) is 12.5 Å². The molecule has 1 aromatic carbocycles. The quantitative estimate of drug-likeness (QED) is 0.552. The number of ether oxygens (including phenoxy) is 1. The zero-order chi connectivity index (χ0) is 20.7. The first-order valence-electron chi connectivity index (χ1n) is 10.1. The number of likely N-dealkylation sites (N-methyl/N-ethyl adjacent to an activating group) is 1. The van der Waals surface area contributed by atoms with E-state index in [1.165, 1.54) is 0 Å². The molecule has 4 heterocycles. The molecule has 0 aliphatic carbocycles. The molecule has 1 unspecified atom stereocenters. The van der Waals surface area contributed by atoms with E-state index in [1.807, 2.05) is 54.6 Å². The van der Waals surface area contributed by atoms with Gasteiger partial charge in [-0.05, 0) is 38.2 Å². The molecule has 0 saturated carbocycles. The van der Waals surface area contributed by atoms with E-state index in [1.54, 1.807) is 11.8 Å². The molecule has 8 heteroatoms. The summed E-state index contributed by atoms with van der Waals surface area (Å²) in [7, 11) is 5.73. The lowest BCUT2D eigenvalue weighted by Crippen LogP contribution is -2.24. The van der Waals surface area contributed by atoms with Crippen molar-refractivity contribution in [3.8, 4) is 22.7 Å². The van der Waals surface area contributed by atoms with Crippen LogP contribution in [0.1, 0.15) is 6.42 Å². The van der Waals surface area contributed by atoms with Crippen LogP contribution in [0, 0.1) is 0 Å². The number of aromatic nitrogens is 5. The van der Waals surface area contributed by atoms with Gasteiger partial charge in [0.05, 0.1) is 24.3 Å². The molecule has 1 aliphatic heterocycles. The van der Waals surface area contributed by atoms with Gasteiger partial charge in [0.1, 0.15) is 23.7 Å². The number of rotatable bonds is 5. The molecule has 154 valence electrons. The number of anilines is 1. The minimum absolute atomic E-state index is 0.429. The summed E-state index contributed by atoms with van der Waals surface area (Å²) < 4.78 is 9.42. The number of fused-ring (bicyclic) bond motifs is 1. The van der Waals surface area contributed by atoms with Gasteiger partial charge >= 0.3 is 0 Å². The summed E-state index contributed by atoms with van der Waals surface area (Å²) in [5.41, 5.74) is 3.80. The van der Waals surface area contributed by atoms with Crippen LogP contribution in [0.2, 0.25) is 0 Å². The normalized spacial score (nSPS) is 17.0. The number of hydrogen-bond acceptors (Lipinski definition) is 6. The highest BCUT2D eigenvalue weighted by Crippen LogP contribution is 2.34. The summed E-state index contributed by atoms with van der Waals surface area (Å²) in [4.78, 5) is 11.8. The van der Waals surface area contributed by atoms with Crippen molar-refractivity contribution >= 4 is 16.9 Å². The number of nitrogens with one attached hydrogen (secondary N) is 1. The van der Waals surface area contributed by atoms with Crippen molar-refractivity contribution in [3.63, 3.8) is 0 Å². The van der Waals surface area contributed by atoms with Gasteiger partial charge in [-0.25, -0.2) is 9.97 Å². The van der Waals surface area contributed by atoms with Crippen LogP contribution >= 0.6 is 0 Å². The number of likely N-dealkylation sites (tertiary alicyclic amines) is 1. The predicted octanol–water partition coefficient (Wildman–Crippen LogP) is 2.95. The molecular formula is C22H25N7O. The molecule has 1 atom stereocenters. The third-order valence-electron chi connectivity index (χ3n) is 5.61. The molecule has 4 aromatic rings. The molecule has 1 N–H and O–H groups in total. The number of pyridine rings is 1. The smallest absolute Gasteiger partial charge is 0.140 e. The lowest BCUT2D eigenvalue weighted by Gasteiger charge is -2.14. The van der Waals surface area contributed by atoms with Crippen LogP contribution in [-0.2, 0) is 7.05 Å². The fraction of sp³-hybridized carbons (Fsp3) is 0.318. The molecular weight excluding hydrogens is 378 g/mol. The Hall–Kier alpha value is -3.39. The number of benzene rings is 1. The second-order valence-corrected chi connectivity index (χ2v) is 7.83. The van der Waals surface area contributed by atoms with E-state index in [-0.39, 0.29) is 0 Å². The lowest BCUT2D eigenvalue weighted by molar-refractivity contribution is 0.414. The molecule has 0 radical (unpaired) electrons. The summed E-state index contributed by atoms with van der Waals surface area (Å²) in [6.07, 6.45) is 6.76. The van der Waals surface area contributed by atoms with Gasteiger partial charge in [-0.2, -0.15) is 5.10 Å². The molecule has 1 saturated heterocycles. The average Bonchev–Trinajstić information content (AvgIpc) is 3.47. The number of imidazole rings is 1. The molecule has 1 aliphatic rings. The first kappa shape index (κ1) is 18.6. The Morgan fingerprint density at radius 2 is 2.10 bits per heavy atom. The Kier molecular flexibility index (Phi) is 4.63. The Balaban J connectivity index is 1.54. The van der Waals surface area contributed by atoms with E-state index in [2.05, 4.69) is 33.4 Å². The standard InChI is InChI=1S/C22H25N7O/c1-27-8-7-16(13-27)25-21-5-4-6-22(26-21)29-14-23-18-10-20(30-3)17(9-19(18)29)15-11-24-28(2)12-15/h4-6,9-12,14,16H,7-8,13H2,1-3H3,(H,25,26). The van der Waals surface area contributed by atoms with Crippen LogP contribution < -0.4 is 10.1 Å². The Bertz CT molecular complexity index is 1200. The van der Waals surface area contributed by atoms with Crippen molar-refractivity contribution in [2.75, 3.05) is 32.6 Å². The zero-order valence-electron chi connectivity index (χ0n) is 17.4. The van der Waals surface area contributed by atoms with E-state index in [4.69, 9.17) is 9.72 Å². The summed E-state index contributed by atoms with van der Waals surface area (Å²) in [5, 5.41) is 7.86. The predicted molar refractivity (Wildman–Crippen MR) is 117 cm³/mol. The van der Waals surface area contributed by atoms with Gasteiger partial charge in [0, 0.05) is 43.0 Å². The first-order valence-corrected chi connectivity index (χ1v) is 10.1. The van der Waals surface area contributed by atoms with Crippen LogP contribution in [0.3, 0.4) is 0 Å². The fourth-order valence-electron chi connectivity index (χ4n) is 4.07. The fourth-order valence-corrected chi connectivity index (χ4v) is 4.07. The average molecular weight is 403 g/mol. The topological polar surface area (TPSA) is 73.0 Å². The largest absolute Gasteiger partial charge is 0.496 e. The van der Waals surface area contributed by atoms with E-state index in [0.717, 1.165) is 59.1 Å². The van der Waals surface area contributed by atoms with E-state index < -0.39 is 0 Å². The van der Waals surface area contributed by atoms with Gasteiger partial charge < -0.3 is 15.0 Å². The Morgan fingerprint density at radius 3 is 2.83 bits per heavy atom. The highest BCUT2D eigenvalue weighted by atomic mass is 16.5. The van der Waals surface area contributed by atoms with Crippen molar-refractivity contribution in [2.24, 2.45) is 7.05 Å². The number of hydrogen-bond donors (Lipinski definition) is 1. The highest BCUT2D eigenvalue weighted by Gasteiger charge is 2.20. The second kappa shape index (κ2) is 7.46. The van der Waals surface area contributed by atoms with Crippen LogP contribution in [0.5, 0.6) is 5.75 Å². The third kappa shape index (κ3) is 3.39. The minimum Gasteiger partial charge on any atom is -0.496 e. The molecule has 0 spiro atoms. The van der Waals surface area contributed by atoms with Crippen LogP contribution in [0.4, 0.5) is 5.82 Å². The van der Waals surface area contributed by atoms with Gasteiger partial charge in [-0.1, -0.05) is 6.07 Å². The number of methoxy groups -OCH3 is 1. The Labute approximate surface area is 175 Å². The van der Waals surface area contributed by atoms with Crippen LogP contribution in [0.15, 0.2) is 49.1 Å². The van der Waals surface area contributed by atoms with E-state index >= 15 is 0 Å². The highest BCUT2D eigenvalue weighted by molar-refractivity contribution is 5.87. The van der Waals surface area contributed by atoms with Crippen molar-refractivity contribution in [1.29, 1.82) is 0 Å². The molecule has 0 amide bonds. The summed E-state index contributed by atoms with van der Waals surface area (Å²) in [5.74, 6) is 2.49. The van der Waals surface area contributed by atoms with Gasteiger partial charge in [0.2, 0.25) is 0 Å². The monoisotopic (exact) mass is 403 g/mol. The summed E-state index contributed by atoms with van der Waals surface area (Å²) in [6.45, 7) is 2.15. The lowest BCUT2D eigenvalue weighted by atomic mass is 10.1. The Morgan fingerprint density at radius 1 is 1.20 bits per heavy atom. The molecule has 5 rings (SSSR count). The maximum absolute atomic E-state index is 5.62. The van der Waals surface area contributed by atoms with Gasteiger partial charge in [-0.15, -0.1) is 0 Å². The molecule has 8 nitrogen and oxygen atoms in total. The minimum atomic E-state index is 0.429. The van der Waals surface area contributed by atoms with Crippen molar-refractivity contribution in [1.82, 2.24) is 29.2 Å². The second-order valence-electron chi connectivity index (χ2n) is 7.83. The van der Waals surface area contributed by atoms with Gasteiger partial charge in [0.25, 0.3) is 0 Å². The maximum Gasteiger partial charge on any atom is 0.140 e. The van der Waals surface area contributed by atoms with Crippen LogP contribution in [-0.4, -0.2) is 62.5 Å². The molecule has 0 bridgehead atoms. The van der Waals surface area contributed by atoms with Crippen molar-refractivity contribution < 1.29 is 4.74 Å². The molecule has 3 aromatic heterocycles. The maximum atomic E-state index is 5.62. The SMILES string of the molecule is COc1cc2ncn(-c3cccc(NC4CCN(C)C4)n3)c2cc1-c1cnn(C)c1. The summed E-state index contributed by atoms with van der Waals surface area (Å²) >= 11 is 0. The number of nitrogens with zero attached hydrogens (tertiary/aromatic N) is 6. The van der Waals surface area contributed by atoms with E-state index in [9.17, 15) is 0 Å². The van der Waals surface area contributed by atoms with Gasteiger partial charge in [0.15, 0.2) is 0 Å². The van der Waals surface area contributed by atoms with Crippen LogP contribution in [0.25, 0.3) is 28.0 Å². The number of aryl methyl sites for hydroxylation is 1. The van der Waals surface area contributed by atoms with Gasteiger partial charge in [-0.3, -0.25) is 9.25 Å². The van der Waals surface area contributed by atoms with E-state index in [0.29, 0.717) is 6.04 Å².